The van der Waals surface area contributed by atoms with E-state index in [2.05, 4.69) is 33.4 Å². The molecule has 5 heteroatoms. The molecule has 2 aromatic rings. The molecule has 5 nitrogen and oxygen atoms in total. The normalized spacial score (nSPS) is 25.7. The van der Waals surface area contributed by atoms with Crippen molar-refractivity contribution in [3.63, 3.8) is 0 Å². The lowest BCUT2D eigenvalue weighted by Crippen LogP contribution is -2.38. The summed E-state index contributed by atoms with van der Waals surface area (Å²) in [5.74, 6) is 0.611. The number of pyridine rings is 1. The molecule has 1 aliphatic heterocycles. The number of hydrogen-bond donors (Lipinski definition) is 1. The number of nitrogens with two attached hydrogens (primary N) is 1. The Kier molecular flexibility index (Phi) is 2.70. The van der Waals surface area contributed by atoms with Crippen LogP contribution in [0.2, 0.25) is 0 Å². The Balaban J connectivity index is 2.01. The van der Waals surface area contributed by atoms with E-state index in [1.54, 1.807) is 12.4 Å². The number of piperidine rings is 1. The number of imidazole rings is 1. The highest BCUT2D eigenvalue weighted by molar-refractivity contribution is 5.77. The Labute approximate surface area is 107 Å². The van der Waals surface area contributed by atoms with Crippen LogP contribution in [-0.4, -0.2) is 39.1 Å². The number of nitrogen functional groups attached to an aromatic ring is 1. The third kappa shape index (κ3) is 1.75. The van der Waals surface area contributed by atoms with Crippen LogP contribution in [0, 0.1) is 0 Å². The lowest BCUT2D eigenvalue weighted by molar-refractivity contribution is 0.159. The molecule has 3 rings (SSSR count). The third-order valence-corrected chi connectivity index (χ3v) is 4.06. The van der Waals surface area contributed by atoms with Gasteiger partial charge in [-0.25, -0.2) is 4.98 Å². The molecule has 2 atom stereocenters. The highest BCUT2D eigenvalue weighted by Crippen LogP contribution is 2.31. The molecule has 0 bridgehead atoms. The first-order valence-corrected chi connectivity index (χ1v) is 6.44. The van der Waals surface area contributed by atoms with Crippen LogP contribution in [0.5, 0.6) is 0 Å². The van der Waals surface area contributed by atoms with Gasteiger partial charge in [0.05, 0.1) is 11.7 Å². The van der Waals surface area contributed by atoms with Crippen molar-refractivity contribution < 1.29 is 0 Å². The lowest BCUT2D eigenvalue weighted by atomic mass is 9.98. The second-order valence-corrected chi connectivity index (χ2v) is 5.21. The molecule has 96 valence electrons. The molecule has 1 aliphatic rings. The Morgan fingerprint density at radius 1 is 1.44 bits per heavy atom. The minimum absolute atomic E-state index is 0.448. The summed E-state index contributed by atoms with van der Waals surface area (Å²) in [5, 5.41) is 0. The van der Waals surface area contributed by atoms with Crippen molar-refractivity contribution in [2.75, 3.05) is 19.3 Å². The second-order valence-electron chi connectivity index (χ2n) is 5.21. The summed E-state index contributed by atoms with van der Waals surface area (Å²) in [5.41, 5.74) is 8.07. The van der Waals surface area contributed by atoms with E-state index in [0.717, 1.165) is 30.4 Å². The fraction of sp³-hybridized carbons (Fsp3) is 0.538. The zero-order chi connectivity index (χ0) is 12.7. The highest BCUT2D eigenvalue weighted by Gasteiger charge is 2.26. The van der Waals surface area contributed by atoms with Crippen LogP contribution in [0.15, 0.2) is 18.5 Å². The van der Waals surface area contributed by atoms with Gasteiger partial charge in [-0.2, -0.15) is 0 Å². The summed E-state index contributed by atoms with van der Waals surface area (Å²) in [7, 11) is 2.18. The van der Waals surface area contributed by atoms with Crippen LogP contribution in [-0.2, 0) is 0 Å². The average Bonchev–Trinajstić information content (AvgIpc) is 2.69. The van der Waals surface area contributed by atoms with Gasteiger partial charge in [-0.1, -0.05) is 0 Å². The summed E-state index contributed by atoms with van der Waals surface area (Å²) in [6.45, 7) is 3.37. The molecule has 0 radical (unpaired) electrons. The summed E-state index contributed by atoms with van der Waals surface area (Å²) < 4.78 is 2.18. The molecule has 1 saturated heterocycles. The van der Waals surface area contributed by atoms with Gasteiger partial charge in [0.2, 0.25) is 5.95 Å². The van der Waals surface area contributed by atoms with Crippen LogP contribution in [0.3, 0.4) is 0 Å². The van der Waals surface area contributed by atoms with E-state index in [0.29, 0.717) is 18.0 Å². The number of hydrogen-bond acceptors (Lipinski definition) is 4. The monoisotopic (exact) mass is 245 g/mol. The highest BCUT2D eigenvalue weighted by atomic mass is 15.2. The number of nitrogens with zero attached hydrogens (tertiary/aromatic N) is 4. The maximum absolute atomic E-state index is 6.07. The minimum Gasteiger partial charge on any atom is -0.369 e. The molecule has 1 fully saturated rings. The van der Waals surface area contributed by atoms with E-state index in [-0.39, 0.29) is 0 Å². The van der Waals surface area contributed by atoms with E-state index >= 15 is 0 Å². The van der Waals surface area contributed by atoms with Crippen LogP contribution < -0.4 is 5.73 Å². The lowest BCUT2D eigenvalue weighted by Gasteiger charge is -2.36. The maximum Gasteiger partial charge on any atom is 0.201 e. The first-order valence-electron chi connectivity index (χ1n) is 6.44. The fourth-order valence-corrected chi connectivity index (χ4v) is 2.85. The van der Waals surface area contributed by atoms with Crippen molar-refractivity contribution in [3.8, 4) is 0 Å². The number of aromatic nitrogens is 3. The van der Waals surface area contributed by atoms with E-state index in [4.69, 9.17) is 5.73 Å². The zero-order valence-corrected chi connectivity index (χ0v) is 10.9. The van der Waals surface area contributed by atoms with Crippen molar-refractivity contribution in [2.45, 2.75) is 31.8 Å². The minimum atomic E-state index is 0.448. The molecule has 2 unspecified atom stereocenters. The van der Waals surface area contributed by atoms with Gasteiger partial charge in [0.1, 0.15) is 5.52 Å². The summed E-state index contributed by atoms with van der Waals surface area (Å²) >= 11 is 0. The second kappa shape index (κ2) is 4.24. The Bertz CT molecular complexity index is 562. The molecule has 0 spiro atoms. The molecule has 2 N–H and O–H groups in total. The predicted octanol–water partition coefficient (Wildman–Crippen LogP) is 1.67. The third-order valence-electron chi connectivity index (χ3n) is 4.06. The smallest absolute Gasteiger partial charge is 0.201 e. The van der Waals surface area contributed by atoms with Crippen LogP contribution in [0.1, 0.15) is 25.8 Å². The van der Waals surface area contributed by atoms with Gasteiger partial charge in [-0.3, -0.25) is 4.98 Å². The predicted molar refractivity (Wildman–Crippen MR) is 72.3 cm³/mol. The number of rotatable bonds is 1. The molecule has 0 aromatic carbocycles. The zero-order valence-electron chi connectivity index (χ0n) is 10.9. The van der Waals surface area contributed by atoms with Gasteiger partial charge in [-0.15, -0.1) is 0 Å². The largest absolute Gasteiger partial charge is 0.369 e. The van der Waals surface area contributed by atoms with Gasteiger partial charge >= 0.3 is 0 Å². The number of likely N-dealkylation sites (tertiary alicyclic amines) is 1. The first-order chi connectivity index (χ1) is 8.66. The van der Waals surface area contributed by atoms with E-state index in [1.807, 2.05) is 6.07 Å². The van der Waals surface area contributed by atoms with Crippen LogP contribution in [0.25, 0.3) is 11.0 Å². The number of anilines is 1. The van der Waals surface area contributed by atoms with E-state index in [9.17, 15) is 0 Å². The molecule has 0 aliphatic carbocycles. The fourth-order valence-electron chi connectivity index (χ4n) is 2.85. The van der Waals surface area contributed by atoms with Gasteiger partial charge < -0.3 is 15.2 Å². The SMILES string of the molecule is CC1CC(n2c(N)nc3cnccc32)CCN1C. The van der Waals surface area contributed by atoms with E-state index in [1.165, 1.54) is 0 Å². The Morgan fingerprint density at radius 2 is 2.28 bits per heavy atom. The molecular weight excluding hydrogens is 226 g/mol. The first kappa shape index (κ1) is 11.5. The van der Waals surface area contributed by atoms with Gasteiger partial charge in [0, 0.05) is 24.8 Å². The summed E-state index contributed by atoms with van der Waals surface area (Å²) in [6, 6.07) is 3.04. The molecule has 3 heterocycles. The van der Waals surface area contributed by atoms with Crippen molar-refractivity contribution in [3.05, 3.63) is 18.5 Å². The van der Waals surface area contributed by atoms with Gasteiger partial charge in [0.25, 0.3) is 0 Å². The van der Waals surface area contributed by atoms with Crippen LogP contribution in [0.4, 0.5) is 5.95 Å². The van der Waals surface area contributed by atoms with Crippen molar-refractivity contribution in [1.29, 1.82) is 0 Å². The number of fused-ring (bicyclic) bond motifs is 1. The average molecular weight is 245 g/mol. The quantitative estimate of drug-likeness (QED) is 0.830. The Hall–Kier alpha value is -1.62. The van der Waals surface area contributed by atoms with Crippen molar-refractivity contribution in [2.24, 2.45) is 0 Å². The van der Waals surface area contributed by atoms with Gasteiger partial charge in [0.15, 0.2) is 0 Å². The standard InChI is InChI=1S/C13H19N5/c1-9-7-10(4-6-17(9)2)18-12-3-5-15-8-11(12)16-13(18)14/h3,5,8-10H,4,6-7H2,1-2H3,(H2,14,16). The van der Waals surface area contributed by atoms with Crippen molar-refractivity contribution in [1.82, 2.24) is 19.4 Å². The molecule has 0 saturated carbocycles. The van der Waals surface area contributed by atoms with Crippen LogP contribution >= 0.6 is 0 Å². The molecule has 18 heavy (non-hydrogen) atoms. The van der Waals surface area contributed by atoms with E-state index < -0.39 is 0 Å². The summed E-state index contributed by atoms with van der Waals surface area (Å²) in [6.07, 6.45) is 5.83. The topological polar surface area (TPSA) is 60.0 Å². The van der Waals surface area contributed by atoms with Crippen molar-refractivity contribution >= 4 is 17.0 Å². The Morgan fingerprint density at radius 3 is 3.06 bits per heavy atom. The molecular formula is C13H19N5. The van der Waals surface area contributed by atoms with Gasteiger partial charge in [-0.05, 0) is 32.9 Å². The molecule has 0 amide bonds. The molecule has 2 aromatic heterocycles. The summed E-state index contributed by atoms with van der Waals surface area (Å²) in [4.78, 5) is 10.9. The maximum atomic E-state index is 6.07.